The van der Waals surface area contributed by atoms with Crippen LogP contribution in [-0.2, 0) is 9.59 Å². The molecule has 0 bridgehead atoms. The summed E-state index contributed by atoms with van der Waals surface area (Å²) in [7, 11) is 0. The van der Waals surface area contributed by atoms with Crippen LogP contribution in [0.3, 0.4) is 0 Å². The second-order valence-electron chi connectivity index (χ2n) is 6.08. The van der Waals surface area contributed by atoms with Crippen molar-refractivity contribution in [2.75, 3.05) is 13.1 Å². The number of carbonyl (C=O) groups is 2. The number of nitrogens with zero attached hydrogens (tertiary/aromatic N) is 1. The minimum absolute atomic E-state index is 0.0361. The molecule has 1 aromatic rings. The smallest absolute Gasteiger partial charge is 0.247 e. The highest BCUT2D eigenvalue weighted by Gasteiger charge is 2.36. The first-order valence-electron chi connectivity index (χ1n) is 7.88. The van der Waals surface area contributed by atoms with E-state index in [0.717, 1.165) is 5.56 Å². The van der Waals surface area contributed by atoms with Crippen LogP contribution in [0.2, 0.25) is 0 Å². The predicted molar refractivity (Wildman–Crippen MR) is 80.5 cm³/mol. The van der Waals surface area contributed by atoms with Gasteiger partial charge in [0.15, 0.2) is 0 Å². The molecule has 0 spiro atoms. The highest BCUT2D eigenvalue weighted by Crippen LogP contribution is 2.29. The molecule has 21 heavy (non-hydrogen) atoms. The van der Waals surface area contributed by atoms with E-state index in [9.17, 15) is 9.59 Å². The Balaban J connectivity index is 1.82. The summed E-state index contributed by atoms with van der Waals surface area (Å²) < 4.78 is 0. The van der Waals surface area contributed by atoms with Gasteiger partial charge in [0.25, 0.3) is 0 Å². The van der Waals surface area contributed by atoms with Gasteiger partial charge in [-0.05, 0) is 24.3 Å². The summed E-state index contributed by atoms with van der Waals surface area (Å²) in [6, 6.07) is 9.15. The quantitative estimate of drug-likeness (QED) is 0.926. The molecule has 1 aliphatic heterocycles. The molecule has 4 heteroatoms. The molecule has 2 amide bonds. The van der Waals surface area contributed by atoms with Crippen molar-refractivity contribution in [3.63, 3.8) is 0 Å². The number of carbonyl (C=O) groups excluding carboxylic acids is 2. The molecular weight excluding hydrogens is 264 g/mol. The zero-order valence-electron chi connectivity index (χ0n) is 12.3. The lowest BCUT2D eigenvalue weighted by Crippen LogP contribution is -2.54. The van der Waals surface area contributed by atoms with Crippen LogP contribution in [0.5, 0.6) is 0 Å². The monoisotopic (exact) mass is 286 g/mol. The van der Waals surface area contributed by atoms with Gasteiger partial charge in [0.2, 0.25) is 11.8 Å². The normalized spacial score (nSPS) is 24.0. The Bertz CT molecular complexity index is 509. The molecule has 3 rings (SSSR count). The molecule has 1 saturated carbocycles. The molecule has 112 valence electrons. The van der Waals surface area contributed by atoms with Gasteiger partial charge in [0, 0.05) is 6.54 Å². The second-order valence-corrected chi connectivity index (χ2v) is 6.08. The van der Waals surface area contributed by atoms with Gasteiger partial charge in [-0.3, -0.25) is 9.59 Å². The van der Waals surface area contributed by atoms with Gasteiger partial charge in [0.1, 0.15) is 6.04 Å². The third kappa shape index (κ3) is 3.09. The van der Waals surface area contributed by atoms with Crippen molar-refractivity contribution in [2.45, 2.75) is 38.1 Å². The fourth-order valence-electron chi connectivity index (χ4n) is 3.47. The van der Waals surface area contributed by atoms with Gasteiger partial charge in [0.05, 0.1) is 6.54 Å². The molecule has 1 N–H and O–H groups in total. The Kier molecular flexibility index (Phi) is 4.23. The fourth-order valence-corrected chi connectivity index (χ4v) is 3.47. The van der Waals surface area contributed by atoms with Gasteiger partial charge in [-0.25, -0.2) is 0 Å². The lowest BCUT2D eigenvalue weighted by atomic mass is 9.88. The van der Waals surface area contributed by atoms with Gasteiger partial charge in [-0.2, -0.15) is 0 Å². The van der Waals surface area contributed by atoms with Crippen molar-refractivity contribution >= 4 is 11.8 Å². The van der Waals surface area contributed by atoms with Crippen molar-refractivity contribution < 1.29 is 9.59 Å². The van der Waals surface area contributed by atoms with Crippen LogP contribution in [-0.4, -0.2) is 29.8 Å². The van der Waals surface area contributed by atoms with Crippen LogP contribution in [0.1, 0.15) is 43.7 Å². The van der Waals surface area contributed by atoms with E-state index in [-0.39, 0.29) is 18.4 Å². The Morgan fingerprint density at radius 1 is 1.05 bits per heavy atom. The summed E-state index contributed by atoms with van der Waals surface area (Å²) >= 11 is 0. The molecule has 2 aliphatic rings. The lowest BCUT2D eigenvalue weighted by Gasteiger charge is -2.38. The van der Waals surface area contributed by atoms with Crippen molar-refractivity contribution in [2.24, 2.45) is 5.92 Å². The van der Waals surface area contributed by atoms with Crippen molar-refractivity contribution in [1.29, 1.82) is 0 Å². The molecule has 0 radical (unpaired) electrons. The topological polar surface area (TPSA) is 49.4 Å². The van der Waals surface area contributed by atoms with E-state index in [0.29, 0.717) is 12.5 Å². The van der Waals surface area contributed by atoms with E-state index in [1.807, 2.05) is 30.3 Å². The molecular formula is C17H22N2O2. The molecule has 1 atom stereocenters. The third-order valence-electron chi connectivity index (χ3n) is 4.59. The van der Waals surface area contributed by atoms with Crippen LogP contribution in [0.4, 0.5) is 0 Å². The molecule has 1 saturated heterocycles. The zero-order valence-corrected chi connectivity index (χ0v) is 12.3. The number of rotatable bonds is 3. The minimum atomic E-state index is -0.464. The number of benzene rings is 1. The minimum Gasteiger partial charge on any atom is -0.345 e. The number of amides is 2. The molecule has 1 heterocycles. The molecule has 1 aliphatic carbocycles. The van der Waals surface area contributed by atoms with Gasteiger partial charge in [-0.15, -0.1) is 0 Å². The number of nitrogens with one attached hydrogen (secondary N) is 1. The molecule has 0 aromatic heterocycles. The van der Waals surface area contributed by atoms with Crippen molar-refractivity contribution in [3.05, 3.63) is 35.9 Å². The third-order valence-corrected chi connectivity index (χ3v) is 4.59. The highest BCUT2D eigenvalue weighted by atomic mass is 16.2. The van der Waals surface area contributed by atoms with Crippen LogP contribution in [0, 0.1) is 5.92 Å². The maximum atomic E-state index is 12.3. The van der Waals surface area contributed by atoms with Crippen LogP contribution in [0.25, 0.3) is 0 Å². The first-order chi connectivity index (χ1) is 10.3. The Morgan fingerprint density at radius 3 is 2.48 bits per heavy atom. The summed E-state index contributed by atoms with van der Waals surface area (Å²) in [5.41, 5.74) is 0.902. The predicted octanol–water partition coefficient (Wildman–Crippen LogP) is 2.27. The SMILES string of the molecule is O=C1NCC(=O)N(CC2CCCCC2)C1c1ccccc1. The van der Waals surface area contributed by atoms with Gasteiger partial charge >= 0.3 is 0 Å². The van der Waals surface area contributed by atoms with Crippen LogP contribution >= 0.6 is 0 Å². The molecule has 1 aromatic carbocycles. The summed E-state index contributed by atoms with van der Waals surface area (Å²) in [4.78, 5) is 26.4. The maximum absolute atomic E-state index is 12.3. The summed E-state index contributed by atoms with van der Waals surface area (Å²) in [5, 5.41) is 2.72. The van der Waals surface area contributed by atoms with E-state index in [1.165, 1.54) is 32.1 Å². The first-order valence-corrected chi connectivity index (χ1v) is 7.88. The van der Waals surface area contributed by atoms with E-state index >= 15 is 0 Å². The van der Waals surface area contributed by atoms with E-state index < -0.39 is 6.04 Å². The van der Waals surface area contributed by atoms with E-state index in [2.05, 4.69) is 5.32 Å². The number of hydrogen-bond acceptors (Lipinski definition) is 2. The van der Waals surface area contributed by atoms with Crippen LogP contribution < -0.4 is 5.32 Å². The Morgan fingerprint density at radius 2 is 1.76 bits per heavy atom. The largest absolute Gasteiger partial charge is 0.345 e. The standard InChI is InChI=1S/C17H22N2O2/c20-15-11-18-17(21)16(14-9-5-2-6-10-14)19(15)12-13-7-3-1-4-8-13/h2,5-6,9-10,13,16H,1,3-4,7-8,11-12H2,(H,18,21). The molecule has 1 unspecified atom stereocenters. The first kappa shape index (κ1) is 14.1. The maximum Gasteiger partial charge on any atom is 0.247 e. The fraction of sp³-hybridized carbons (Fsp3) is 0.529. The zero-order chi connectivity index (χ0) is 14.7. The summed E-state index contributed by atoms with van der Waals surface area (Å²) in [6.07, 6.45) is 6.14. The van der Waals surface area contributed by atoms with E-state index in [1.54, 1.807) is 4.90 Å². The average molecular weight is 286 g/mol. The highest BCUT2D eigenvalue weighted by molar-refractivity contribution is 5.95. The van der Waals surface area contributed by atoms with Crippen molar-refractivity contribution in [3.8, 4) is 0 Å². The van der Waals surface area contributed by atoms with Crippen molar-refractivity contribution in [1.82, 2.24) is 10.2 Å². The summed E-state index contributed by atoms with van der Waals surface area (Å²) in [5.74, 6) is 0.519. The van der Waals surface area contributed by atoms with E-state index in [4.69, 9.17) is 0 Å². The second kappa shape index (κ2) is 6.29. The Labute approximate surface area is 125 Å². The van der Waals surface area contributed by atoms with Gasteiger partial charge in [-0.1, -0.05) is 49.6 Å². The number of hydrogen-bond donors (Lipinski definition) is 1. The lowest BCUT2D eigenvalue weighted by molar-refractivity contribution is -0.146. The van der Waals surface area contributed by atoms with Crippen LogP contribution in [0.15, 0.2) is 30.3 Å². The number of piperazine rings is 1. The summed E-state index contributed by atoms with van der Waals surface area (Å²) in [6.45, 7) is 0.848. The van der Waals surface area contributed by atoms with Gasteiger partial charge < -0.3 is 10.2 Å². The Hall–Kier alpha value is -1.84. The molecule has 4 nitrogen and oxygen atoms in total. The average Bonchev–Trinajstić information content (AvgIpc) is 2.53. The molecule has 2 fully saturated rings.